The number of carbonyl (C=O) groups is 2. The van der Waals surface area contributed by atoms with E-state index < -0.39 is 12.1 Å². The number of amides is 2. The van der Waals surface area contributed by atoms with Crippen LogP contribution in [0.15, 0.2) is 61.2 Å². The Labute approximate surface area is 216 Å². The van der Waals surface area contributed by atoms with Crippen LogP contribution in [0.2, 0.25) is 0 Å². The molecular weight excluding hydrogens is 470 g/mol. The number of aromatic nitrogens is 3. The minimum Gasteiger partial charge on any atom is -0.472 e. The molecule has 0 spiro atoms. The van der Waals surface area contributed by atoms with Crippen LogP contribution in [0, 0.1) is 5.92 Å². The summed E-state index contributed by atoms with van der Waals surface area (Å²) >= 11 is 0. The van der Waals surface area contributed by atoms with Crippen molar-refractivity contribution < 1.29 is 19.4 Å². The summed E-state index contributed by atoms with van der Waals surface area (Å²) in [6.07, 6.45) is 9.45. The number of benzene rings is 1. The molecule has 37 heavy (non-hydrogen) atoms. The molecule has 0 unspecified atom stereocenters. The van der Waals surface area contributed by atoms with Crippen molar-refractivity contribution in [2.75, 3.05) is 26.7 Å². The minimum absolute atomic E-state index is 0.150. The molecule has 0 aliphatic carbocycles. The summed E-state index contributed by atoms with van der Waals surface area (Å²) in [5.74, 6) is -0.484. The van der Waals surface area contributed by atoms with E-state index in [-0.39, 0.29) is 42.5 Å². The lowest BCUT2D eigenvalue weighted by atomic mass is 9.99. The molecule has 9 heteroatoms. The van der Waals surface area contributed by atoms with E-state index in [4.69, 9.17) is 4.74 Å². The van der Waals surface area contributed by atoms with Crippen molar-refractivity contribution in [1.29, 1.82) is 0 Å². The molecule has 0 bridgehead atoms. The molecule has 2 amide bonds. The largest absolute Gasteiger partial charge is 0.472 e. The maximum atomic E-state index is 13.6. The fraction of sp³-hybridized carbons (Fsp3) is 0.321. The maximum absolute atomic E-state index is 13.6. The number of carbonyl (C=O) groups excluding carboxylic acids is 2. The lowest BCUT2D eigenvalue weighted by Gasteiger charge is -2.37. The van der Waals surface area contributed by atoms with Gasteiger partial charge in [-0.2, -0.15) is 0 Å². The van der Waals surface area contributed by atoms with Gasteiger partial charge in [-0.3, -0.25) is 14.6 Å². The molecule has 3 atom stereocenters. The van der Waals surface area contributed by atoms with Crippen molar-refractivity contribution in [3.05, 3.63) is 83.6 Å². The van der Waals surface area contributed by atoms with Gasteiger partial charge in [0.05, 0.1) is 25.4 Å². The highest BCUT2D eigenvalue weighted by Crippen LogP contribution is 2.28. The normalized spacial score (nSPS) is 18.5. The number of hydrogen-bond donors (Lipinski definition) is 1. The van der Waals surface area contributed by atoms with Gasteiger partial charge in [0.25, 0.3) is 11.8 Å². The smallest absolute Gasteiger partial charge is 0.273 e. The fourth-order valence-electron chi connectivity index (χ4n) is 4.14. The molecule has 2 aromatic heterocycles. The molecule has 4 rings (SSSR count). The van der Waals surface area contributed by atoms with E-state index in [1.165, 1.54) is 23.5 Å². The Hall–Kier alpha value is -4.11. The standard InChI is InChI=1S/C28H31N5O4/c1-19-16-33(20(2)18-34)27(35)23-13-22(10-9-21-7-5-4-6-8-21)14-31-26(23)37-25(19)17-32(3)28(36)24-15-29-11-12-30-24/h4-15,19-20,25,34H,16-18H2,1-3H3/b10-9+/t19-,20-,25+/m0/s1. The summed E-state index contributed by atoms with van der Waals surface area (Å²) in [5.41, 5.74) is 2.33. The molecule has 1 N–H and O–H groups in total. The molecule has 0 saturated carbocycles. The third-order valence-electron chi connectivity index (χ3n) is 6.39. The zero-order valence-corrected chi connectivity index (χ0v) is 21.2. The molecule has 1 aliphatic rings. The Kier molecular flexibility index (Phi) is 8.25. The Balaban J connectivity index is 1.64. The zero-order valence-electron chi connectivity index (χ0n) is 21.2. The third-order valence-corrected chi connectivity index (χ3v) is 6.39. The summed E-state index contributed by atoms with van der Waals surface area (Å²) in [4.78, 5) is 42.2. The first-order chi connectivity index (χ1) is 17.9. The first kappa shape index (κ1) is 26.0. The van der Waals surface area contributed by atoms with Crippen molar-refractivity contribution in [3.63, 3.8) is 0 Å². The van der Waals surface area contributed by atoms with Crippen molar-refractivity contribution in [2.24, 2.45) is 5.92 Å². The third kappa shape index (κ3) is 6.18. The molecule has 0 radical (unpaired) electrons. The van der Waals surface area contributed by atoms with E-state index in [9.17, 15) is 14.7 Å². The van der Waals surface area contributed by atoms with Crippen molar-refractivity contribution >= 4 is 24.0 Å². The predicted molar refractivity (Wildman–Crippen MR) is 140 cm³/mol. The highest BCUT2D eigenvalue weighted by Gasteiger charge is 2.34. The van der Waals surface area contributed by atoms with Crippen molar-refractivity contribution in [1.82, 2.24) is 24.8 Å². The summed E-state index contributed by atoms with van der Waals surface area (Å²) in [5, 5.41) is 9.86. The van der Waals surface area contributed by atoms with Gasteiger partial charge in [0.2, 0.25) is 5.88 Å². The molecule has 3 heterocycles. The number of likely N-dealkylation sites (N-methyl/N-ethyl adjacent to an activating group) is 1. The van der Waals surface area contributed by atoms with E-state index >= 15 is 0 Å². The number of aliphatic hydroxyl groups is 1. The van der Waals surface area contributed by atoms with Crippen LogP contribution in [-0.2, 0) is 0 Å². The number of hydrogen-bond acceptors (Lipinski definition) is 7. The highest BCUT2D eigenvalue weighted by molar-refractivity contribution is 5.97. The van der Waals surface area contributed by atoms with Gasteiger partial charge in [-0.15, -0.1) is 0 Å². The second-order valence-electron chi connectivity index (χ2n) is 9.26. The van der Waals surface area contributed by atoms with Crippen LogP contribution in [0.25, 0.3) is 12.2 Å². The number of fused-ring (bicyclic) bond motifs is 1. The summed E-state index contributed by atoms with van der Waals surface area (Å²) in [6.45, 7) is 4.19. The van der Waals surface area contributed by atoms with Crippen LogP contribution in [0.5, 0.6) is 5.88 Å². The van der Waals surface area contributed by atoms with Gasteiger partial charge in [-0.25, -0.2) is 9.97 Å². The topological polar surface area (TPSA) is 109 Å². The maximum Gasteiger partial charge on any atom is 0.273 e. The van der Waals surface area contributed by atoms with E-state index in [1.54, 1.807) is 31.1 Å². The van der Waals surface area contributed by atoms with Crippen LogP contribution in [0.4, 0.5) is 0 Å². The first-order valence-corrected chi connectivity index (χ1v) is 12.2. The van der Waals surface area contributed by atoms with Gasteiger partial charge in [0, 0.05) is 38.1 Å². The van der Waals surface area contributed by atoms with Gasteiger partial charge in [0.15, 0.2) is 0 Å². The van der Waals surface area contributed by atoms with Gasteiger partial charge < -0.3 is 19.6 Å². The average Bonchev–Trinajstić information content (AvgIpc) is 2.94. The number of pyridine rings is 1. The van der Waals surface area contributed by atoms with Crippen molar-refractivity contribution in [2.45, 2.75) is 26.0 Å². The monoisotopic (exact) mass is 501 g/mol. The molecule has 192 valence electrons. The Bertz CT molecular complexity index is 1250. The minimum atomic E-state index is -0.455. The average molecular weight is 502 g/mol. The second kappa shape index (κ2) is 11.7. The lowest BCUT2D eigenvalue weighted by molar-refractivity contribution is 0.0312. The quantitative estimate of drug-likeness (QED) is 0.530. The van der Waals surface area contributed by atoms with Crippen molar-refractivity contribution in [3.8, 4) is 5.88 Å². The van der Waals surface area contributed by atoms with Crippen LogP contribution < -0.4 is 4.74 Å². The molecular formula is C28H31N5O4. The van der Waals surface area contributed by atoms with Crippen LogP contribution in [0.1, 0.15) is 45.8 Å². The summed E-state index contributed by atoms with van der Waals surface area (Å²) < 4.78 is 6.28. The van der Waals surface area contributed by atoms with E-state index in [1.807, 2.05) is 49.4 Å². The lowest BCUT2D eigenvalue weighted by Crippen LogP contribution is -2.50. The molecule has 0 saturated heterocycles. The number of rotatable bonds is 7. The number of ether oxygens (including phenoxy) is 1. The molecule has 1 aromatic carbocycles. The predicted octanol–water partition coefficient (Wildman–Crippen LogP) is 3.03. The zero-order chi connectivity index (χ0) is 26.4. The van der Waals surface area contributed by atoms with Gasteiger partial charge in [-0.05, 0) is 24.1 Å². The Morgan fingerprint density at radius 1 is 1.19 bits per heavy atom. The number of aliphatic hydroxyl groups excluding tert-OH is 1. The molecule has 0 fully saturated rings. The van der Waals surface area contributed by atoms with Crippen LogP contribution >= 0.6 is 0 Å². The molecule has 1 aliphatic heterocycles. The summed E-state index contributed by atoms with van der Waals surface area (Å²) in [7, 11) is 1.68. The highest BCUT2D eigenvalue weighted by atomic mass is 16.5. The Morgan fingerprint density at radius 3 is 2.65 bits per heavy atom. The van der Waals surface area contributed by atoms with Gasteiger partial charge in [-0.1, -0.05) is 49.4 Å². The molecule has 9 nitrogen and oxygen atoms in total. The SMILES string of the molecule is C[C@H]1CN([C@@H](C)CO)C(=O)c2cc(/C=C/c3ccccc3)cnc2O[C@@H]1CN(C)C(=O)c1cnccn1. The number of nitrogens with zero attached hydrogens (tertiary/aromatic N) is 5. The Morgan fingerprint density at radius 2 is 1.95 bits per heavy atom. The van der Waals surface area contributed by atoms with Gasteiger partial charge >= 0.3 is 0 Å². The van der Waals surface area contributed by atoms with Gasteiger partial charge in [0.1, 0.15) is 17.4 Å². The molecule has 3 aromatic rings. The second-order valence-corrected chi connectivity index (χ2v) is 9.26. The van der Waals surface area contributed by atoms with E-state index in [0.717, 1.165) is 11.1 Å². The fourth-order valence-corrected chi connectivity index (χ4v) is 4.14. The first-order valence-electron chi connectivity index (χ1n) is 12.2. The van der Waals surface area contributed by atoms with Crippen LogP contribution in [0.3, 0.4) is 0 Å². The van der Waals surface area contributed by atoms with E-state index in [2.05, 4.69) is 15.0 Å². The summed E-state index contributed by atoms with van der Waals surface area (Å²) in [6, 6.07) is 11.2. The van der Waals surface area contributed by atoms with Crippen LogP contribution in [-0.4, -0.2) is 80.6 Å². The van der Waals surface area contributed by atoms with E-state index in [0.29, 0.717) is 12.1 Å².